The molecule has 0 radical (unpaired) electrons. The minimum atomic E-state index is -5.90. The van der Waals surface area contributed by atoms with Crippen molar-refractivity contribution in [1.29, 1.82) is 0 Å². The average molecular weight is 300 g/mol. The number of alkyl halides is 5. The smallest absolute Gasteiger partial charge is 0.339 e. The third-order valence-corrected chi connectivity index (χ3v) is 3.43. The molecule has 9 heteroatoms. The number of rotatable bonds is 2. The first kappa shape index (κ1) is 15.0. The average Bonchev–Trinajstić information content (AvgIpc) is 3.20. The molecule has 0 aromatic heterocycles. The Hall–Kier alpha value is -1.41. The van der Waals surface area contributed by atoms with Crippen molar-refractivity contribution in [2.45, 2.75) is 24.9 Å². The highest BCUT2D eigenvalue weighted by atomic mass is 19.4. The quantitative estimate of drug-likeness (QED) is 0.721. The van der Waals surface area contributed by atoms with Gasteiger partial charge < -0.3 is 9.80 Å². The Kier molecular flexibility index (Phi) is 3.64. The van der Waals surface area contributed by atoms with Gasteiger partial charge in [-0.1, -0.05) is 0 Å². The molecule has 1 aliphatic heterocycles. The van der Waals surface area contributed by atoms with Gasteiger partial charge in [0.25, 0.3) is 0 Å². The van der Waals surface area contributed by atoms with Gasteiger partial charge in [0.1, 0.15) is 0 Å². The van der Waals surface area contributed by atoms with Gasteiger partial charge in [0.2, 0.25) is 5.91 Å². The Morgan fingerprint density at radius 3 is 1.70 bits per heavy atom. The SMILES string of the molecule is O=C(C1CC1)N1CCN(C(=O)C(F)(F)C(F)(F)F)CC1. The van der Waals surface area contributed by atoms with Crippen molar-refractivity contribution in [2.24, 2.45) is 5.92 Å². The van der Waals surface area contributed by atoms with E-state index in [0.717, 1.165) is 12.8 Å². The van der Waals surface area contributed by atoms with E-state index in [-0.39, 0.29) is 38.0 Å². The van der Waals surface area contributed by atoms with Crippen LogP contribution in [0.2, 0.25) is 0 Å². The zero-order chi connectivity index (χ0) is 15.1. The van der Waals surface area contributed by atoms with Crippen molar-refractivity contribution < 1.29 is 31.5 Å². The fourth-order valence-electron chi connectivity index (χ4n) is 2.04. The molecule has 1 saturated carbocycles. The van der Waals surface area contributed by atoms with Gasteiger partial charge in [0.05, 0.1) is 0 Å². The van der Waals surface area contributed by atoms with Crippen LogP contribution in [-0.2, 0) is 9.59 Å². The molecule has 0 aromatic carbocycles. The third kappa shape index (κ3) is 2.71. The Morgan fingerprint density at radius 2 is 1.30 bits per heavy atom. The number of hydrogen-bond acceptors (Lipinski definition) is 2. The van der Waals surface area contributed by atoms with E-state index in [1.165, 1.54) is 4.90 Å². The molecule has 0 bridgehead atoms. The Labute approximate surface area is 111 Å². The molecule has 20 heavy (non-hydrogen) atoms. The summed E-state index contributed by atoms with van der Waals surface area (Å²) in [6.45, 7) is -0.615. The normalized spacial score (nSPS) is 21.1. The van der Waals surface area contributed by atoms with Crippen LogP contribution in [0.15, 0.2) is 0 Å². The van der Waals surface area contributed by atoms with E-state index in [0.29, 0.717) is 4.90 Å². The summed E-state index contributed by atoms with van der Waals surface area (Å²) in [5, 5.41) is 0. The van der Waals surface area contributed by atoms with Crippen LogP contribution < -0.4 is 0 Å². The first-order valence-electron chi connectivity index (χ1n) is 6.17. The molecule has 1 aliphatic carbocycles. The van der Waals surface area contributed by atoms with Crippen molar-refractivity contribution >= 4 is 11.8 Å². The summed E-state index contributed by atoms with van der Waals surface area (Å²) < 4.78 is 62.1. The zero-order valence-corrected chi connectivity index (χ0v) is 10.4. The van der Waals surface area contributed by atoms with Gasteiger partial charge in [-0.25, -0.2) is 0 Å². The van der Waals surface area contributed by atoms with Crippen molar-refractivity contribution in [3.63, 3.8) is 0 Å². The molecular weight excluding hydrogens is 287 g/mol. The minimum Gasteiger partial charge on any atom is -0.339 e. The predicted octanol–water partition coefficient (Wildman–Crippen LogP) is 1.26. The van der Waals surface area contributed by atoms with Crippen LogP contribution in [0.4, 0.5) is 22.0 Å². The number of halogens is 5. The molecule has 2 aliphatic rings. The summed E-state index contributed by atoms with van der Waals surface area (Å²) in [5.74, 6) is -7.78. The van der Waals surface area contributed by atoms with Gasteiger partial charge in [0, 0.05) is 32.1 Å². The molecule has 0 spiro atoms. The summed E-state index contributed by atoms with van der Waals surface area (Å²) >= 11 is 0. The first-order valence-corrected chi connectivity index (χ1v) is 6.17. The van der Waals surface area contributed by atoms with Crippen LogP contribution in [0, 0.1) is 5.92 Å². The molecule has 4 nitrogen and oxygen atoms in total. The summed E-state index contributed by atoms with van der Waals surface area (Å²) in [7, 11) is 0. The van der Waals surface area contributed by atoms with E-state index < -0.39 is 18.0 Å². The maximum absolute atomic E-state index is 12.9. The molecule has 1 heterocycles. The molecule has 1 saturated heterocycles. The highest BCUT2D eigenvalue weighted by molar-refractivity contribution is 5.85. The molecule has 0 atom stereocenters. The van der Waals surface area contributed by atoms with Crippen LogP contribution in [0.5, 0.6) is 0 Å². The largest absolute Gasteiger partial charge is 0.463 e. The van der Waals surface area contributed by atoms with Crippen LogP contribution in [0.25, 0.3) is 0 Å². The number of piperazine rings is 1. The maximum Gasteiger partial charge on any atom is 0.463 e. The summed E-state index contributed by atoms with van der Waals surface area (Å²) in [4.78, 5) is 24.8. The molecule has 2 fully saturated rings. The standard InChI is InChI=1S/C11H13F5N2O2/c12-10(13,11(14,15)16)9(20)18-5-3-17(4-6-18)8(19)7-1-2-7/h7H,1-6H2. The van der Waals surface area contributed by atoms with Crippen molar-refractivity contribution in [3.8, 4) is 0 Å². The first-order chi connectivity index (χ1) is 9.14. The molecule has 2 rings (SSSR count). The number of carbonyl (C=O) groups is 2. The molecule has 0 unspecified atom stereocenters. The second-order valence-corrected chi connectivity index (χ2v) is 4.96. The minimum absolute atomic E-state index is 0.00495. The summed E-state index contributed by atoms with van der Waals surface area (Å²) in [5.41, 5.74) is 0. The fraction of sp³-hybridized carbons (Fsp3) is 0.818. The number of hydrogen-bond donors (Lipinski definition) is 0. The van der Waals surface area contributed by atoms with Gasteiger partial charge >= 0.3 is 18.0 Å². The Bertz CT molecular complexity index is 412. The Morgan fingerprint density at radius 1 is 0.850 bits per heavy atom. The maximum atomic E-state index is 12.9. The van der Waals surface area contributed by atoms with E-state index in [9.17, 15) is 31.5 Å². The predicted molar refractivity (Wildman–Crippen MR) is 56.9 cm³/mol. The van der Waals surface area contributed by atoms with E-state index in [4.69, 9.17) is 0 Å². The fourth-order valence-corrected chi connectivity index (χ4v) is 2.04. The zero-order valence-electron chi connectivity index (χ0n) is 10.4. The van der Waals surface area contributed by atoms with Gasteiger partial charge in [-0.2, -0.15) is 22.0 Å². The monoisotopic (exact) mass is 300 g/mol. The molecule has 114 valence electrons. The van der Waals surface area contributed by atoms with E-state index >= 15 is 0 Å². The lowest BCUT2D eigenvalue weighted by atomic mass is 10.2. The van der Waals surface area contributed by atoms with Gasteiger partial charge in [-0.3, -0.25) is 9.59 Å². The van der Waals surface area contributed by atoms with E-state index in [2.05, 4.69) is 0 Å². The number of carbonyl (C=O) groups excluding carboxylic acids is 2. The Balaban J connectivity index is 1.93. The molecular formula is C11H13F5N2O2. The summed E-state index contributed by atoms with van der Waals surface area (Å²) in [6.07, 6.45) is -4.33. The highest BCUT2D eigenvalue weighted by Crippen LogP contribution is 2.37. The number of nitrogens with zero attached hydrogens (tertiary/aromatic N) is 2. The number of amides is 2. The van der Waals surface area contributed by atoms with Crippen LogP contribution in [0.1, 0.15) is 12.8 Å². The molecule has 0 aromatic rings. The van der Waals surface area contributed by atoms with Crippen LogP contribution in [0.3, 0.4) is 0 Å². The second-order valence-electron chi connectivity index (χ2n) is 4.96. The topological polar surface area (TPSA) is 40.6 Å². The molecule has 0 N–H and O–H groups in total. The van der Waals surface area contributed by atoms with Gasteiger partial charge in [-0.15, -0.1) is 0 Å². The van der Waals surface area contributed by atoms with Gasteiger partial charge in [-0.05, 0) is 12.8 Å². The van der Waals surface area contributed by atoms with Crippen molar-refractivity contribution in [2.75, 3.05) is 26.2 Å². The summed E-state index contributed by atoms with van der Waals surface area (Å²) in [6, 6.07) is 0. The van der Waals surface area contributed by atoms with Crippen LogP contribution >= 0.6 is 0 Å². The molecule has 2 amide bonds. The van der Waals surface area contributed by atoms with Crippen molar-refractivity contribution in [3.05, 3.63) is 0 Å². The van der Waals surface area contributed by atoms with E-state index in [1.54, 1.807) is 0 Å². The third-order valence-electron chi connectivity index (χ3n) is 3.43. The van der Waals surface area contributed by atoms with Crippen molar-refractivity contribution in [1.82, 2.24) is 9.80 Å². The second kappa shape index (κ2) is 4.85. The van der Waals surface area contributed by atoms with Gasteiger partial charge in [0.15, 0.2) is 0 Å². The van der Waals surface area contributed by atoms with E-state index in [1.807, 2.05) is 0 Å². The lowest BCUT2D eigenvalue weighted by molar-refractivity contribution is -0.274. The lowest BCUT2D eigenvalue weighted by Gasteiger charge is -2.36. The lowest BCUT2D eigenvalue weighted by Crippen LogP contribution is -2.58. The van der Waals surface area contributed by atoms with Crippen LogP contribution in [-0.4, -0.2) is 59.9 Å². The highest BCUT2D eigenvalue weighted by Gasteiger charge is 2.64.